The zero-order valence-corrected chi connectivity index (χ0v) is 7.97. The zero-order chi connectivity index (χ0) is 9.10. The maximum atomic E-state index is 5.20. The number of aryl methyl sites for hydroxylation is 1. The van der Waals surface area contributed by atoms with Gasteiger partial charge in [0.2, 0.25) is 0 Å². The second kappa shape index (κ2) is 3.79. The van der Waals surface area contributed by atoms with Gasteiger partial charge < -0.3 is 10.1 Å². The van der Waals surface area contributed by atoms with Crippen molar-refractivity contribution in [3.05, 3.63) is 29.3 Å². The normalized spacial score (nSPS) is 16.1. The van der Waals surface area contributed by atoms with Gasteiger partial charge in [0.15, 0.2) is 0 Å². The standard InChI is InChI=1S/C11H15NO/c1-13-11-5-4-10-8-12-6-2-3-9(10)7-11/h4-5,7,12H,2-3,6,8H2,1H3. The minimum absolute atomic E-state index is 0.973. The molecule has 1 aromatic carbocycles. The molecule has 70 valence electrons. The number of nitrogens with one attached hydrogen (secondary N) is 1. The van der Waals surface area contributed by atoms with Gasteiger partial charge in [-0.3, -0.25) is 0 Å². The Kier molecular flexibility index (Phi) is 2.50. The van der Waals surface area contributed by atoms with Crippen LogP contribution in [0.5, 0.6) is 5.75 Å². The summed E-state index contributed by atoms with van der Waals surface area (Å²) in [4.78, 5) is 0. The summed E-state index contributed by atoms with van der Waals surface area (Å²) in [6, 6.07) is 6.35. The van der Waals surface area contributed by atoms with Crippen molar-refractivity contribution in [2.45, 2.75) is 19.4 Å². The smallest absolute Gasteiger partial charge is 0.119 e. The highest BCUT2D eigenvalue weighted by atomic mass is 16.5. The molecule has 0 saturated carbocycles. The van der Waals surface area contributed by atoms with Crippen LogP contribution in [0.3, 0.4) is 0 Å². The van der Waals surface area contributed by atoms with Gasteiger partial charge in [-0.2, -0.15) is 0 Å². The SMILES string of the molecule is COc1ccc2c(c1)CCCNC2. The first-order valence-corrected chi connectivity index (χ1v) is 4.76. The average molecular weight is 177 g/mol. The van der Waals surface area contributed by atoms with Crippen molar-refractivity contribution in [1.29, 1.82) is 0 Å². The first kappa shape index (κ1) is 8.57. The molecule has 0 aliphatic carbocycles. The monoisotopic (exact) mass is 177 g/mol. The molecular formula is C11H15NO. The van der Waals surface area contributed by atoms with Gasteiger partial charge in [-0.25, -0.2) is 0 Å². The number of ether oxygens (including phenoxy) is 1. The largest absolute Gasteiger partial charge is 0.497 e. The number of benzene rings is 1. The fourth-order valence-electron chi connectivity index (χ4n) is 1.76. The molecule has 1 N–H and O–H groups in total. The molecule has 1 aromatic rings. The van der Waals surface area contributed by atoms with Crippen LogP contribution in [0.15, 0.2) is 18.2 Å². The molecule has 2 heteroatoms. The average Bonchev–Trinajstić information content (AvgIpc) is 2.41. The topological polar surface area (TPSA) is 21.3 Å². The van der Waals surface area contributed by atoms with Crippen LogP contribution in [-0.2, 0) is 13.0 Å². The molecule has 0 saturated heterocycles. The van der Waals surface area contributed by atoms with E-state index in [0.717, 1.165) is 18.8 Å². The minimum Gasteiger partial charge on any atom is -0.497 e. The molecular weight excluding hydrogens is 162 g/mol. The summed E-state index contributed by atoms with van der Waals surface area (Å²) in [5.41, 5.74) is 2.85. The molecule has 0 fully saturated rings. The highest BCUT2D eigenvalue weighted by Crippen LogP contribution is 2.20. The molecule has 1 heterocycles. The third-order valence-electron chi connectivity index (χ3n) is 2.53. The molecule has 2 nitrogen and oxygen atoms in total. The Bertz CT molecular complexity index is 296. The molecule has 0 amide bonds. The Morgan fingerprint density at radius 1 is 1.31 bits per heavy atom. The van der Waals surface area contributed by atoms with E-state index in [-0.39, 0.29) is 0 Å². The van der Waals surface area contributed by atoms with Crippen molar-refractivity contribution in [3.8, 4) is 5.75 Å². The van der Waals surface area contributed by atoms with E-state index >= 15 is 0 Å². The summed E-state index contributed by atoms with van der Waals surface area (Å²) in [5, 5.41) is 3.40. The maximum absolute atomic E-state index is 5.20. The van der Waals surface area contributed by atoms with E-state index < -0.39 is 0 Å². The first-order chi connectivity index (χ1) is 6.40. The molecule has 0 unspecified atom stereocenters. The lowest BCUT2D eigenvalue weighted by atomic mass is 10.0. The Morgan fingerprint density at radius 2 is 2.23 bits per heavy atom. The second-order valence-corrected chi connectivity index (χ2v) is 3.41. The number of methoxy groups -OCH3 is 1. The number of rotatable bonds is 1. The summed E-state index contributed by atoms with van der Waals surface area (Å²) < 4.78 is 5.20. The van der Waals surface area contributed by atoms with E-state index in [9.17, 15) is 0 Å². The summed E-state index contributed by atoms with van der Waals surface area (Å²) in [7, 11) is 1.72. The van der Waals surface area contributed by atoms with Crippen molar-refractivity contribution in [2.75, 3.05) is 13.7 Å². The van der Waals surface area contributed by atoms with Crippen LogP contribution in [-0.4, -0.2) is 13.7 Å². The zero-order valence-electron chi connectivity index (χ0n) is 7.97. The molecule has 0 aromatic heterocycles. The van der Waals surface area contributed by atoms with Crippen molar-refractivity contribution < 1.29 is 4.74 Å². The Morgan fingerprint density at radius 3 is 3.08 bits per heavy atom. The predicted molar refractivity (Wildman–Crippen MR) is 53.0 cm³/mol. The number of fused-ring (bicyclic) bond motifs is 1. The lowest BCUT2D eigenvalue weighted by Gasteiger charge is -2.07. The van der Waals surface area contributed by atoms with Crippen molar-refractivity contribution in [3.63, 3.8) is 0 Å². The van der Waals surface area contributed by atoms with Gasteiger partial charge >= 0.3 is 0 Å². The van der Waals surface area contributed by atoms with Crippen LogP contribution >= 0.6 is 0 Å². The van der Waals surface area contributed by atoms with Crippen molar-refractivity contribution in [1.82, 2.24) is 5.32 Å². The molecule has 0 radical (unpaired) electrons. The molecule has 0 atom stereocenters. The molecule has 13 heavy (non-hydrogen) atoms. The lowest BCUT2D eigenvalue weighted by molar-refractivity contribution is 0.414. The van der Waals surface area contributed by atoms with E-state index in [2.05, 4.69) is 17.4 Å². The third-order valence-corrected chi connectivity index (χ3v) is 2.53. The first-order valence-electron chi connectivity index (χ1n) is 4.76. The van der Waals surface area contributed by atoms with E-state index in [1.54, 1.807) is 7.11 Å². The highest BCUT2D eigenvalue weighted by Gasteiger charge is 2.07. The van der Waals surface area contributed by atoms with Gasteiger partial charge in [-0.1, -0.05) is 6.07 Å². The van der Waals surface area contributed by atoms with Crippen LogP contribution in [0.1, 0.15) is 17.5 Å². The third kappa shape index (κ3) is 1.83. The quantitative estimate of drug-likeness (QED) is 0.705. The Labute approximate surface area is 78.9 Å². The molecule has 1 aliphatic rings. The summed E-state index contributed by atoms with van der Waals surface area (Å²) in [6.07, 6.45) is 2.39. The van der Waals surface area contributed by atoms with Crippen LogP contribution in [0, 0.1) is 0 Å². The van der Waals surface area contributed by atoms with Crippen LogP contribution in [0.2, 0.25) is 0 Å². The highest BCUT2D eigenvalue weighted by molar-refractivity contribution is 5.36. The fourth-order valence-corrected chi connectivity index (χ4v) is 1.76. The summed E-state index contributed by atoms with van der Waals surface area (Å²) in [6.45, 7) is 2.12. The number of hydrogen-bond donors (Lipinski definition) is 1. The van der Waals surface area contributed by atoms with Crippen LogP contribution in [0.4, 0.5) is 0 Å². The van der Waals surface area contributed by atoms with Gasteiger partial charge in [0, 0.05) is 6.54 Å². The van der Waals surface area contributed by atoms with Crippen molar-refractivity contribution >= 4 is 0 Å². The Hall–Kier alpha value is -1.02. The van der Waals surface area contributed by atoms with Gasteiger partial charge in [0.25, 0.3) is 0 Å². The molecule has 0 spiro atoms. The molecule has 1 aliphatic heterocycles. The van der Waals surface area contributed by atoms with E-state index in [1.165, 1.54) is 24.0 Å². The van der Waals surface area contributed by atoms with Gasteiger partial charge in [-0.05, 0) is 42.6 Å². The van der Waals surface area contributed by atoms with E-state index in [0.29, 0.717) is 0 Å². The van der Waals surface area contributed by atoms with E-state index in [1.807, 2.05) is 6.07 Å². The summed E-state index contributed by atoms with van der Waals surface area (Å²) in [5.74, 6) is 0.973. The van der Waals surface area contributed by atoms with Crippen LogP contribution < -0.4 is 10.1 Å². The van der Waals surface area contributed by atoms with Gasteiger partial charge in [0.05, 0.1) is 7.11 Å². The summed E-state index contributed by atoms with van der Waals surface area (Å²) >= 11 is 0. The van der Waals surface area contributed by atoms with Gasteiger partial charge in [-0.15, -0.1) is 0 Å². The molecule has 2 rings (SSSR count). The van der Waals surface area contributed by atoms with Gasteiger partial charge in [0.1, 0.15) is 5.75 Å². The van der Waals surface area contributed by atoms with E-state index in [4.69, 9.17) is 4.74 Å². The van der Waals surface area contributed by atoms with Crippen LogP contribution in [0.25, 0.3) is 0 Å². The predicted octanol–water partition coefficient (Wildman–Crippen LogP) is 1.73. The number of hydrogen-bond acceptors (Lipinski definition) is 2. The minimum atomic E-state index is 0.973. The maximum Gasteiger partial charge on any atom is 0.119 e. The van der Waals surface area contributed by atoms with Crippen molar-refractivity contribution in [2.24, 2.45) is 0 Å². The Balaban J connectivity index is 2.32. The second-order valence-electron chi connectivity index (χ2n) is 3.41. The molecule has 0 bridgehead atoms. The lowest BCUT2D eigenvalue weighted by Crippen LogP contribution is -2.11. The fraction of sp³-hybridized carbons (Fsp3) is 0.455.